The van der Waals surface area contributed by atoms with Crippen LogP contribution in [0.2, 0.25) is 0 Å². The first-order valence-electron chi connectivity index (χ1n) is 11.4. The largest absolute Gasteiger partial charge is 0.416 e. The summed E-state index contributed by atoms with van der Waals surface area (Å²) in [6.45, 7) is 2.57. The van der Waals surface area contributed by atoms with E-state index in [1.165, 1.54) is 12.1 Å². The van der Waals surface area contributed by atoms with Crippen molar-refractivity contribution in [3.63, 3.8) is 0 Å². The number of nitrogens with zero attached hydrogens (tertiary/aromatic N) is 3. The second kappa shape index (κ2) is 9.66. The van der Waals surface area contributed by atoms with Crippen molar-refractivity contribution < 1.29 is 22.8 Å². The van der Waals surface area contributed by atoms with Crippen LogP contribution in [0.15, 0.2) is 48.5 Å². The Bertz CT molecular complexity index is 1020. The van der Waals surface area contributed by atoms with E-state index in [4.69, 9.17) is 0 Å². The van der Waals surface area contributed by atoms with Crippen LogP contribution in [0.4, 0.5) is 18.0 Å². The number of urea groups is 1. The molecule has 4 rings (SSSR count). The van der Waals surface area contributed by atoms with Gasteiger partial charge in [-0.3, -0.25) is 4.79 Å². The Labute approximate surface area is 197 Å². The van der Waals surface area contributed by atoms with Crippen molar-refractivity contribution in [2.45, 2.75) is 31.1 Å². The zero-order chi connectivity index (χ0) is 24.5. The van der Waals surface area contributed by atoms with Gasteiger partial charge >= 0.3 is 12.2 Å². The Hall–Kier alpha value is -3.07. The summed E-state index contributed by atoms with van der Waals surface area (Å²) in [4.78, 5) is 31.2. The zero-order valence-corrected chi connectivity index (χ0v) is 19.3. The van der Waals surface area contributed by atoms with E-state index >= 15 is 0 Å². The van der Waals surface area contributed by atoms with E-state index in [1.807, 2.05) is 16.8 Å². The lowest BCUT2D eigenvalue weighted by Crippen LogP contribution is -2.44. The highest BCUT2D eigenvalue weighted by molar-refractivity contribution is 5.95. The molecule has 2 atom stereocenters. The highest BCUT2D eigenvalue weighted by Crippen LogP contribution is 2.31. The van der Waals surface area contributed by atoms with Gasteiger partial charge in [0.05, 0.1) is 11.6 Å². The molecule has 34 heavy (non-hydrogen) atoms. The van der Waals surface area contributed by atoms with Crippen LogP contribution in [0, 0.1) is 0 Å². The molecule has 0 radical (unpaired) electrons. The standard InChI is InChI=1S/C25H29F3N4O2/c1-29-21-11-13-31(15-21)24(34)32-14-12-22(16-32)30(2)23(33)19-5-3-17(4-6-19)18-7-9-20(10-8-18)25(26,27)28/h3-10,21-22,29H,11-16H2,1-2H3/t21-,22+/m1/s1. The topological polar surface area (TPSA) is 55.9 Å². The maximum absolute atomic E-state index is 13.0. The number of carbonyl (C=O) groups excluding carboxylic acids is 2. The summed E-state index contributed by atoms with van der Waals surface area (Å²) in [5.74, 6) is -0.144. The Kier molecular flexibility index (Phi) is 6.84. The smallest absolute Gasteiger partial charge is 0.337 e. The molecule has 2 fully saturated rings. The van der Waals surface area contributed by atoms with Gasteiger partial charge in [0.1, 0.15) is 0 Å². The molecule has 0 aromatic heterocycles. The fourth-order valence-electron chi connectivity index (χ4n) is 4.63. The normalized spacial score (nSPS) is 20.6. The van der Waals surface area contributed by atoms with Crippen LogP contribution in [0.3, 0.4) is 0 Å². The summed E-state index contributed by atoms with van der Waals surface area (Å²) in [5, 5.41) is 3.21. The summed E-state index contributed by atoms with van der Waals surface area (Å²) in [6.07, 6.45) is -2.70. The third-order valence-electron chi connectivity index (χ3n) is 6.85. The molecule has 0 spiro atoms. The fraction of sp³-hybridized carbons (Fsp3) is 0.440. The zero-order valence-electron chi connectivity index (χ0n) is 19.3. The average Bonchev–Trinajstić information content (AvgIpc) is 3.52. The van der Waals surface area contributed by atoms with Gasteiger partial charge in [-0.2, -0.15) is 13.2 Å². The Morgan fingerprint density at radius 3 is 2.03 bits per heavy atom. The lowest BCUT2D eigenvalue weighted by Gasteiger charge is -2.27. The van der Waals surface area contributed by atoms with E-state index in [0.717, 1.165) is 37.1 Å². The summed E-state index contributed by atoms with van der Waals surface area (Å²) >= 11 is 0. The minimum atomic E-state index is -4.37. The van der Waals surface area contributed by atoms with E-state index in [-0.39, 0.29) is 18.0 Å². The van der Waals surface area contributed by atoms with Gasteiger partial charge in [-0.15, -0.1) is 0 Å². The number of nitrogens with one attached hydrogen (secondary N) is 1. The van der Waals surface area contributed by atoms with Gasteiger partial charge in [0, 0.05) is 44.8 Å². The van der Waals surface area contributed by atoms with E-state index in [1.54, 1.807) is 36.2 Å². The highest BCUT2D eigenvalue weighted by atomic mass is 19.4. The SMILES string of the molecule is CN[C@@H]1CCN(C(=O)N2CC[C@H](N(C)C(=O)c3ccc(-c4ccc(C(F)(F)F)cc4)cc3)C2)C1. The molecule has 2 saturated heterocycles. The highest BCUT2D eigenvalue weighted by Gasteiger charge is 2.35. The van der Waals surface area contributed by atoms with Crippen molar-refractivity contribution in [3.05, 3.63) is 59.7 Å². The molecule has 2 aliphatic rings. The van der Waals surface area contributed by atoms with Crippen LogP contribution < -0.4 is 5.32 Å². The molecule has 2 aliphatic heterocycles. The average molecular weight is 475 g/mol. The lowest BCUT2D eigenvalue weighted by atomic mass is 10.0. The second-order valence-corrected chi connectivity index (χ2v) is 8.96. The van der Waals surface area contributed by atoms with E-state index in [2.05, 4.69) is 5.32 Å². The molecule has 2 aromatic rings. The number of halogens is 3. The lowest BCUT2D eigenvalue weighted by molar-refractivity contribution is -0.137. The summed E-state index contributed by atoms with van der Waals surface area (Å²) in [7, 11) is 3.65. The van der Waals surface area contributed by atoms with Crippen LogP contribution in [0.5, 0.6) is 0 Å². The molecule has 0 unspecified atom stereocenters. The number of alkyl halides is 3. The summed E-state index contributed by atoms with van der Waals surface area (Å²) in [6, 6.07) is 12.1. The number of likely N-dealkylation sites (N-methyl/N-ethyl adjacent to an activating group) is 2. The van der Waals surface area contributed by atoms with Gasteiger partial charge in [-0.1, -0.05) is 24.3 Å². The second-order valence-electron chi connectivity index (χ2n) is 8.96. The van der Waals surface area contributed by atoms with Crippen LogP contribution in [0.25, 0.3) is 11.1 Å². The predicted octanol–water partition coefficient (Wildman–Crippen LogP) is 3.93. The molecule has 2 heterocycles. The quantitative estimate of drug-likeness (QED) is 0.731. The molecule has 3 amide bonds. The molecule has 2 aromatic carbocycles. The number of benzene rings is 2. The van der Waals surface area contributed by atoms with Gasteiger partial charge in [-0.05, 0) is 55.3 Å². The molecule has 1 N–H and O–H groups in total. The maximum Gasteiger partial charge on any atom is 0.416 e. The van der Waals surface area contributed by atoms with Gasteiger partial charge < -0.3 is 20.0 Å². The third-order valence-corrected chi connectivity index (χ3v) is 6.85. The monoisotopic (exact) mass is 474 g/mol. The first kappa shape index (κ1) is 24.1. The third kappa shape index (κ3) is 5.04. The minimum absolute atomic E-state index is 0.0296. The predicted molar refractivity (Wildman–Crippen MR) is 123 cm³/mol. The maximum atomic E-state index is 13.0. The van der Waals surface area contributed by atoms with Crippen molar-refractivity contribution >= 4 is 11.9 Å². The Morgan fingerprint density at radius 1 is 0.912 bits per heavy atom. The molecule has 0 saturated carbocycles. The summed E-state index contributed by atoms with van der Waals surface area (Å²) < 4.78 is 38.3. The fourth-order valence-corrected chi connectivity index (χ4v) is 4.63. The molecular formula is C25H29F3N4O2. The van der Waals surface area contributed by atoms with Gasteiger partial charge in [0.15, 0.2) is 0 Å². The minimum Gasteiger partial charge on any atom is -0.337 e. The van der Waals surface area contributed by atoms with Crippen molar-refractivity contribution in [1.29, 1.82) is 0 Å². The molecule has 0 bridgehead atoms. The van der Waals surface area contributed by atoms with Gasteiger partial charge in [0.25, 0.3) is 5.91 Å². The Morgan fingerprint density at radius 2 is 1.47 bits per heavy atom. The molecule has 9 heteroatoms. The number of amides is 3. The van der Waals surface area contributed by atoms with E-state index in [0.29, 0.717) is 36.8 Å². The van der Waals surface area contributed by atoms with E-state index < -0.39 is 11.7 Å². The molecule has 0 aliphatic carbocycles. The van der Waals surface area contributed by atoms with Crippen molar-refractivity contribution in [1.82, 2.24) is 20.0 Å². The number of rotatable bonds is 4. The van der Waals surface area contributed by atoms with Gasteiger partial charge in [0.2, 0.25) is 0 Å². The van der Waals surface area contributed by atoms with Crippen LogP contribution in [-0.4, -0.2) is 79.0 Å². The van der Waals surface area contributed by atoms with Crippen molar-refractivity contribution in [2.24, 2.45) is 0 Å². The van der Waals surface area contributed by atoms with Crippen LogP contribution in [-0.2, 0) is 6.18 Å². The molecule has 6 nitrogen and oxygen atoms in total. The van der Waals surface area contributed by atoms with E-state index in [9.17, 15) is 22.8 Å². The molecular weight excluding hydrogens is 445 g/mol. The number of carbonyl (C=O) groups is 2. The van der Waals surface area contributed by atoms with Crippen molar-refractivity contribution in [3.8, 4) is 11.1 Å². The van der Waals surface area contributed by atoms with Crippen LogP contribution >= 0.6 is 0 Å². The number of hydrogen-bond donors (Lipinski definition) is 1. The number of likely N-dealkylation sites (tertiary alicyclic amines) is 2. The summed E-state index contributed by atoms with van der Waals surface area (Å²) in [5.41, 5.74) is 1.18. The Balaban J connectivity index is 1.36. The number of hydrogen-bond acceptors (Lipinski definition) is 3. The first-order valence-corrected chi connectivity index (χ1v) is 11.4. The van der Waals surface area contributed by atoms with Gasteiger partial charge in [-0.25, -0.2) is 4.79 Å². The molecule has 182 valence electrons. The van der Waals surface area contributed by atoms with Crippen molar-refractivity contribution in [2.75, 3.05) is 40.3 Å². The first-order chi connectivity index (χ1) is 16.2. The van der Waals surface area contributed by atoms with Crippen LogP contribution in [0.1, 0.15) is 28.8 Å².